The highest BCUT2D eigenvalue weighted by atomic mass is 19.1. The Bertz CT molecular complexity index is 1890. The van der Waals surface area contributed by atoms with Crippen molar-refractivity contribution in [1.82, 2.24) is 14.9 Å². The third-order valence-electron chi connectivity index (χ3n) is 9.39. The molecule has 3 saturated heterocycles. The number of rotatable bonds is 5. The van der Waals surface area contributed by atoms with E-state index in [9.17, 15) is 19.1 Å². The lowest BCUT2D eigenvalue weighted by molar-refractivity contribution is 0.107. The van der Waals surface area contributed by atoms with Crippen molar-refractivity contribution in [3.63, 3.8) is 0 Å². The molecule has 3 aliphatic rings. The summed E-state index contributed by atoms with van der Waals surface area (Å²) < 4.78 is 52.1. The number of alkyl halides is 1. The van der Waals surface area contributed by atoms with Crippen LogP contribution in [0.2, 0.25) is 0 Å². The molecule has 4 heterocycles. The Hall–Kier alpha value is -4.54. The third-order valence-corrected chi connectivity index (χ3v) is 9.39. The van der Waals surface area contributed by atoms with Gasteiger partial charge in [0, 0.05) is 42.4 Å². The van der Waals surface area contributed by atoms with Gasteiger partial charge in [-0.05, 0) is 67.4 Å². The first-order valence-electron chi connectivity index (χ1n) is 14.9. The highest BCUT2D eigenvalue weighted by molar-refractivity contribution is 6.04. The summed E-state index contributed by atoms with van der Waals surface area (Å²) in [4.78, 5) is 13.3. The first-order chi connectivity index (χ1) is 21.3. The zero-order chi connectivity index (χ0) is 30.6. The summed E-state index contributed by atoms with van der Waals surface area (Å²) in [5.74, 6) is 1.14. The van der Waals surface area contributed by atoms with Gasteiger partial charge in [0.05, 0.1) is 23.1 Å². The molecule has 224 valence electrons. The molecule has 7 rings (SSSR count). The summed E-state index contributed by atoms with van der Waals surface area (Å²) in [5, 5.41) is 21.3. The normalized spacial score (nSPS) is 23.5. The summed E-state index contributed by atoms with van der Waals surface area (Å²) in [6, 6.07) is 11.0. The molecular weight excluding hydrogens is 567 g/mol. The van der Waals surface area contributed by atoms with Crippen LogP contribution < -0.4 is 9.64 Å². The quantitative estimate of drug-likeness (QED) is 0.278. The van der Waals surface area contributed by atoms with E-state index >= 15 is 4.39 Å². The zero-order valence-electron chi connectivity index (χ0n) is 24.0. The van der Waals surface area contributed by atoms with Crippen LogP contribution in [0.1, 0.15) is 37.7 Å². The fraction of sp³-hybridized carbons (Fsp3) is 0.382. The topological polar surface area (TPSA) is 85.5 Å². The maximum atomic E-state index is 16.7. The summed E-state index contributed by atoms with van der Waals surface area (Å²) in [7, 11) is 0. The van der Waals surface area contributed by atoms with Crippen molar-refractivity contribution in [2.45, 2.75) is 43.8 Å². The summed E-state index contributed by atoms with van der Waals surface area (Å²) in [6.45, 7) is 2.38. The predicted molar refractivity (Wildman–Crippen MR) is 161 cm³/mol. The Morgan fingerprint density at radius 2 is 1.95 bits per heavy atom. The molecule has 0 amide bonds. The smallest absolute Gasteiger partial charge is 0.319 e. The molecule has 4 aromatic rings. The number of halogens is 3. The Labute approximate surface area is 252 Å². The summed E-state index contributed by atoms with van der Waals surface area (Å²) >= 11 is 0. The van der Waals surface area contributed by atoms with E-state index in [0.717, 1.165) is 32.2 Å². The van der Waals surface area contributed by atoms with Crippen molar-refractivity contribution in [3.8, 4) is 41.3 Å². The van der Waals surface area contributed by atoms with Gasteiger partial charge in [0.25, 0.3) is 0 Å². The molecule has 0 bridgehead atoms. The number of nitriles is 1. The van der Waals surface area contributed by atoms with Crippen molar-refractivity contribution in [2.75, 3.05) is 37.7 Å². The Balaban J connectivity index is 1.38. The standard InChI is InChI=1S/C34H30F3N5O2/c1-2-24-28(36)9-6-21-13-23(43)14-27(29(21)24)25-7-8-26-31(30(25)37)39-33(40-32(26)41-11-3-5-20(16-38)17-41)44-19-34-10-4-12-42(34)18-22(35)15-34/h1,6-9,13-14,20,22,43H,3-5,10-12,15,17-19H2. The highest BCUT2D eigenvalue weighted by Crippen LogP contribution is 2.42. The van der Waals surface area contributed by atoms with Gasteiger partial charge in [0.2, 0.25) is 0 Å². The van der Waals surface area contributed by atoms with Gasteiger partial charge in [0.1, 0.15) is 35.7 Å². The Kier molecular flexibility index (Phi) is 6.98. The lowest BCUT2D eigenvalue weighted by atomic mass is 9.93. The second kappa shape index (κ2) is 10.9. The number of hydrogen-bond donors (Lipinski definition) is 1. The monoisotopic (exact) mass is 597 g/mol. The average molecular weight is 598 g/mol. The van der Waals surface area contributed by atoms with Crippen LogP contribution >= 0.6 is 0 Å². The fourth-order valence-electron chi connectivity index (χ4n) is 7.34. The van der Waals surface area contributed by atoms with Crippen molar-refractivity contribution in [3.05, 3.63) is 53.6 Å². The van der Waals surface area contributed by atoms with Crippen molar-refractivity contribution in [1.29, 1.82) is 5.26 Å². The maximum Gasteiger partial charge on any atom is 0.319 e. The third kappa shape index (κ3) is 4.65. The zero-order valence-corrected chi connectivity index (χ0v) is 24.0. The lowest BCUT2D eigenvalue weighted by Crippen LogP contribution is -2.43. The largest absolute Gasteiger partial charge is 0.508 e. The van der Waals surface area contributed by atoms with E-state index in [0.29, 0.717) is 48.0 Å². The molecule has 7 nitrogen and oxygen atoms in total. The minimum absolute atomic E-state index is 0.0210. The lowest BCUT2D eigenvalue weighted by Gasteiger charge is -2.32. The predicted octanol–water partition coefficient (Wildman–Crippen LogP) is 6.11. The summed E-state index contributed by atoms with van der Waals surface area (Å²) in [5.41, 5.74) is -0.222. The molecule has 3 unspecified atom stereocenters. The van der Waals surface area contributed by atoms with Crippen molar-refractivity contribution < 1.29 is 23.0 Å². The van der Waals surface area contributed by atoms with Crippen LogP contribution in [-0.4, -0.2) is 64.5 Å². The number of nitrogens with zero attached hydrogens (tertiary/aromatic N) is 5. The molecule has 0 saturated carbocycles. The second-order valence-electron chi connectivity index (χ2n) is 12.1. The van der Waals surface area contributed by atoms with Crippen LogP contribution in [0.3, 0.4) is 0 Å². The van der Waals surface area contributed by atoms with Crippen LogP contribution in [0.15, 0.2) is 36.4 Å². The van der Waals surface area contributed by atoms with Gasteiger partial charge in [-0.3, -0.25) is 4.90 Å². The van der Waals surface area contributed by atoms with Gasteiger partial charge < -0.3 is 14.7 Å². The van der Waals surface area contributed by atoms with E-state index < -0.39 is 23.3 Å². The number of ether oxygens (including phenoxy) is 1. The van der Waals surface area contributed by atoms with Gasteiger partial charge in [-0.15, -0.1) is 6.42 Å². The van der Waals surface area contributed by atoms with Gasteiger partial charge in [0.15, 0.2) is 5.82 Å². The van der Waals surface area contributed by atoms with E-state index in [4.69, 9.17) is 16.1 Å². The van der Waals surface area contributed by atoms with Crippen LogP contribution in [0.25, 0.3) is 32.8 Å². The van der Waals surface area contributed by atoms with Gasteiger partial charge in [-0.25, -0.2) is 13.2 Å². The van der Waals surface area contributed by atoms with Gasteiger partial charge in [-0.1, -0.05) is 18.1 Å². The second-order valence-corrected chi connectivity index (χ2v) is 12.1. The fourth-order valence-corrected chi connectivity index (χ4v) is 7.34. The van der Waals surface area contributed by atoms with Crippen LogP contribution in [0, 0.1) is 41.2 Å². The molecule has 3 fully saturated rings. The highest BCUT2D eigenvalue weighted by Gasteiger charge is 2.49. The van der Waals surface area contributed by atoms with Crippen LogP contribution in [0.4, 0.5) is 19.0 Å². The first-order valence-corrected chi connectivity index (χ1v) is 14.9. The van der Waals surface area contributed by atoms with E-state index in [-0.39, 0.29) is 46.5 Å². The SMILES string of the molecule is C#Cc1c(F)ccc2cc(O)cc(-c3ccc4c(N5CCCC(C#N)C5)nc(OCC56CCCN5CC(F)C6)nc4c3F)c12. The molecule has 0 radical (unpaired) electrons. The maximum absolute atomic E-state index is 16.7. The average Bonchev–Trinajstić information content (AvgIpc) is 3.55. The molecule has 3 aromatic carbocycles. The number of piperidine rings is 1. The number of aromatic nitrogens is 2. The molecule has 3 aliphatic heterocycles. The summed E-state index contributed by atoms with van der Waals surface area (Å²) in [6.07, 6.45) is 8.37. The molecule has 0 aliphatic carbocycles. The van der Waals surface area contributed by atoms with Crippen molar-refractivity contribution in [2.24, 2.45) is 5.92 Å². The number of phenols is 1. The number of fused-ring (bicyclic) bond motifs is 3. The Morgan fingerprint density at radius 3 is 2.77 bits per heavy atom. The van der Waals surface area contributed by atoms with E-state index in [2.05, 4.69) is 21.9 Å². The minimum atomic E-state index is -0.932. The van der Waals surface area contributed by atoms with E-state index in [1.54, 1.807) is 12.1 Å². The van der Waals surface area contributed by atoms with Gasteiger partial charge >= 0.3 is 6.01 Å². The molecular formula is C34H30F3N5O2. The molecule has 1 aromatic heterocycles. The number of terminal acetylenes is 1. The number of hydrogen-bond acceptors (Lipinski definition) is 7. The van der Waals surface area contributed by atoms with Crippen LogP contribution in [-0.2, 0) is 0 Å². The molecule has 3 atom stereocenters. The van der Waals surface area contributed by atoms with Gasteiger partial charge in [-0.2, -0.15) is 15.2 Å². The molecule has 44 heavy (non-hydrogen) atoms. The van der Waals surface area contributed by atoms with Crippen molar-refractivity contribution >= 4 is 27.5 Å². The minimum Gasteiger partial charge on any atom is -0.508 e. The van der Waals surface area contributed by atoms with E-state index in [1.807, 2.05) is 4.90 Å². The molecule has 1 N–H and O–H groups in total. The number of aromatic hydroxyl groups is 1. The van der Waals surface area contributed by atoms with E-state index in [1.165, 1.54) is 24.3 Å². The number of benzene rings is 3. The van der Waals surface area contributed by atoms with Crippen LogP contribution in [0.5, 0.6) is 11.8 Å². The number of phenolic OH excluding ortho intramolecular Hbond substituents is 1. The Morgan fingerprint density at radius 1 is 1.09 bits per heavy atom. The molecule has 0 spiro atoms. The molecule has 10 heteroatoms. The number of anilines is 1. The first kappa shape index (κ1) is 28.2.